The Hall–Kier alpha value is -0.890. The van der Waals surface area contributed by atoms with Gasteiger partial charge in [0.1, 0.15) is 5.82 Å². The highest BCUT2D eigenvalue weighted by Gasteiger charge is 2.54. The predicted octanol–water partition coefficient (Wildman–Crippen LogP) is 4.61. The van der Waals surface area contributed by atoms with Crippen molar-refractivity contribution in [3.63, 3.8) is 0 Å². The first-order valence-electron chi connectivity index (χ1n) is 8.53. The van der Waals surface area contributed by atoms with Gasteiger partial charge < -0.3 is 5.32 Å². The summed E-state index contributed by atoms with van der Waals surface area (Å²) < 4.78 is 13.8. The smallest absolute Gasteiger partial charge is 0.123 e. The van der Waals surface area contributed by atoms with Crippen molar-refractivity contribution < 1.29 is 4.39 Å². The molecular formula is C19H26FN. The molecule has 1 aromatic carbocycles. The van der Waals surface area contributed by atoms with Crippen molar-refractivity contribution in [3.8, 4) is 0 Å². The lowest BCUT2D eigenvalue weighted by Gasteiger charge is -2.59. The normalized spacial score (nSPS) is 38.7. The van der Waals surface area contributed by atoms with Crippen molar-refractivity contribution >= 4 is 0 Å². The molecule has 0 aromatic heterocycles. The summed E-state index contributed by atoms with van der Waals surface area (Å²) in [4.78, 5) is 0. The Balaban J connectivity index is 1.74. The monoisotopic (exact) mass is 287 g/mol. The molecular weight excluding hydrogens is 261 g/mol. The summed E-state index contributed by atoms with van der Waals surface area (Å²) in [5.74, 6) is 2.70. The van der Waals surface area contributed by atoms with Gasteiger partial charge in [0.2, 0.25) is 0 Å². The van der Waals surface area contributed by atoms with E-state index in [0.717, 1.165) is 17.8 Å². The van der Waals surface area contributed by atoms with Crippen LogP contribution >= 0.6 is 0 Å². The van der Waals surface area contributed by atoms with E-state index in [9.17, 15) is 4.39 Å². The molecule has 2 heteroatoms. The lowest BCUT2D eigenvalue weighted by atomic mass is 9.47. The number of nitrogens with one attached hydrogen (secondary N) is 1. The van der Waals surface area contributed by atoms with Crippen molar-refractivity contribution in [1.29, 1.82) is 0 Å². The summed E-state index contributed by atoms with van der Waals surface area (Å²) in [6, 6.07) is 5.62. The third kappa shape index (κ3) is 2.14. The molecule has 4 fully saturated rings. The lowest BCUT2D eigenvalue weighted by molar-refractivity contribution is -0.0737. The van der Waals surface area contributed by atoms with Crippen LogP contribution in [0.15, 0.2) is 18.2 Å². The maximum absolute atomic E-state index is 13.8. The van der Waals surface area contributed by atoms with Gasteiger partial charge in [0.25, 0.3) is 0 Å². The van der Waals surface area contributed by atoms with Crippen molar-refractivity contribution in [3.05, 3.63) is 35.1 Å². The van der Waals surface area contributed by atoms with Gasteiger partial charge in [-0.3, -0.25) is 0 Å². The number of aryl methyl sites for hydroxylation is 1. The van der Waals surface area contributed by atoms with Crippen molar-refractivity contribution in [2.45, 2.75) is 51.5 Å². The molecule has 4 saturated carbocycles. The van der Waals surface area contributed by atoms with Gasteiger partial charge in [0, 0.05) is 6.04 Å². The van der Waals surface area contributed by atoms with Crippen LogP contribution < -0.4 is 5.32 Å². The van der Waals surface area contributed by atoms with Crippen LogP contribution in [-0.4, -0.2) is 7.05 Å². The van der Waals surface area contributed by atoms with Crippen LogP contribution in [0, 0.1) is 35.9 Å². The van der Waals surface area contributed by atoms with Crippen LogP contribution in [0.3, 0.4) is 0 Å². The minimum atomic E-state index is -0.0967. The number of benzene rings is 1. The highest BCUT2D eigenvalue weighted by Crippen LogP contribution is 2.64. The van der Waals surface area contributed by atoms with E-state index in [0.29, 0.717) is 11.5 Å². The van der Waals surface area contributed by atoms with Crippen LogP contribution in [0.25, 0.3) is 0 Å². The summed E-state index contributed by atoms with van der Waals surface area (Å²) in [6.07, 6.45) is 8.41. The minimum absolute atomic E-state index is 0.0967. The van der Waals surface area contributed by atoms with Gasteiger partial charge >= 0.3 is 0 Å². The molecule has 1 atom stereocenters. The fourth-order valence-corrected chi connectivity index (χ4v) is 6.25. The Kier molecular flexibility index (Phi) is 3.15. The lowest BCUT2D eigenvalue weighted by Crippen LogP contribution is -2.51. The second kappa shape index (κ2) is 4.81. The zero-order valence-electron chi connectivity index (χ0n) is 13.2. The number of halogens is 1. The first-order valence-corrected chi connectivity index (χ1v) is 8.53. The second-order valence-electron chi connectivity index (χ2n) is 8.00. The molecule has 21 heavy (non-hydrogen) atoms. The molecule has 1 N–H and O–H groups in total. The molecule has 1 aromatic rings. The van der Waals surface area contributed by atoms with E-state index in [1.165, 1.54) is 49.7 Å². The topological polar surface area (TPSA) is 12.0 Å². The fourth-order valence-electron chi connectivity index (χ4n) is 6.25. The van der Waals surface area contributed by atoms with Gasteiger partial charge in [-0.2, -0.15) is 0 Å². The zero-order valence-corrected chi connectivity index (χ0v) is 13.2. The van der Waals surface area contributed by atoms with Crippen LogP contribution in [0.4, 0.5) is 4.39 Å². The highest BCUT2D eigenvalue weighted by atomic mass is 19.1. The van der Waals surface area contributed by atoms with E-state index in [-0.39, 0.29) is 5.82 Å². The van der Waals surface area contributed by atoms with Crippen LogP contribution in [0.1, 0.15) is 55.7 Å². The maximum atomic E-state index is 13.8. The molecule has 114 valence electrons. The van der Waals surface area contributed by atoms with Gasteiger partial charge in [-0.05, 0) is 98.9 Å². The Morgan fingerprint density at radius 3 is 2.19 bits per heavy atom. The van der Waals surface area contributed by atoms with Gasteiger partial charge in [-0.25, -0.2) is 4.39 Å². The van der Waals surface area contributed by atoms with E-state index in [4.69, 9.17) is 0 Å². The van der Waals surface area contributed by atoms with E-state index >= 15 is 0 Å². The maximum Gasteiger partial charge on any atom is 0.123 e. The highest BCUT2D eigenvalue weighted by molar-refractivity contribution is 5.32. The molecule has 0 radical (unpaired) electrons. The third-order valence-corrected chi connectivity index (χ3v) is 6.54. The summed E-state index contributed by atoms with van der Waals surface area (Å²) in [6.45, 7) is 2.12. The number of hydrogen-bond acceptors (Lipinski definition) is 1. The first-order chi connectivity index (χ1) is 10.1. The summed E-state index contributed by atoms with van der Waals surface area (Å²) in [7, 11) is 2.06. The van der Waals surface area contributed by atoms with Crippen molar-refractivity contribution in [2.75, 3.05) is 7.05 Å². The molecule has 0 spiro atoms. The zero-order chi connectivity index (χ0) is 14.6. The molecule has 5 rings (SSSR count). The van der Waals surface area contributed by atoms with Crippen molar-refractivity contribution in [1.82, 2.24) is 5.32 Å². The Bertz CT molecular complexity index is 515. The van der Waals surface area contributed by atoms with Gasteiger partial charge in [0.05, 0.1) is 0 Å². The molecule has 0 heterocycles. The van der Waals surface area contributed by atoms with Crippen molar-refractivity contribution in [2.24, 2.45) is 23.2 Å². The Labute approximate surface area is 127 Å². The summed E-state index contributed by atoms with van der Waals surface area (Å²) in [5.41, 5.74) is 2.80. The SMILES string of the molecule is CNC(c1cc(F)ccc1C)C12CC3CC(CC(C3)C1)C2. The Morgan fingerprint density at radius 1 is 1.10 bits per heavy atom. The largest absolute Gasteiger partial charge is 0.313 e. The van der Waals surface area contributed by atoms with E-state index < -0.39 is 0 Å². The third-order valence-electron chi connectivity index (χ3n) is 6.54. The molecule has 0 saturated heterocycles. The number of hydrogen-bond donors (Lipinski definition) is 1. The summed E-state index contributed by atoms with van der Waals surface area (Å²) >= 11 is 0. The second-order valence-corrected chi connectivity index (χ2v) is 8.00. The van der Waals surface area contributed by atoms with Crippen LogP contribution in [-0.2, 0) is 0 Å². The average molecular weight is 287 g/mol. The molecule has 0 amide bonds. The Morgan fingerprint density at radius 2 is 1.67 bits per heavy atom. The van der Waals surface area contributed by atoms with Gasteiger partial charge in [0.15, 0.2) is 0 Å². The van der Waals surface area contributed by atoms with E-state index in [1.807, 2.05) is 6.07 Å². The minimum Gasteiger partial charge on any atom is -0.313 e. The average Bonchev–Trinajstić information content (AvgIpc) is 2.41. The quantitative estimate of drug-likeness (QED) is 0.856. The van der Waals surface area contributed by atoms with E-state index in [2.05, 4.69) is 19.3 Å². The van der Waals surface area contributed by atoms with Crippen LogP contribution in [0.5, 0.6) is 0 Å². The van der Waals surface area contributed by atoms with E-state index in [1.54, 1.807) is 12.1 Å². The van der Waals surface area contributed by atoms with Gasteiger partial charge in [-0.1, -0.05) is 6.07 Å². The standard InChI is InChI=1S/C19H26FN/c1-12-3-4-16(20)8-17(12)18(21-2)19-9-13-5-14(10-19)7-15(6-13)11-19/h3-4,8,13-15,18,21H,5-7,9-11H2,1-2H3. The van der Waals surface area contributed by atoms with Crippen LogP contribution in [0.2, 0.25) is 0 Å². The predicted molar refractivity (Wildman–Crippen MR) is 83.5 cm³/mol. The first kappa shape index (κ1) is 13.8. The fraction of sp³-hybridized carbons (Fsp3) is 0.684. The molecule has 4 aliphatic carbocycles. The summed E-state index contributed by atoms with van der Waals surface area (Å²) in [5, 5.41) is 3.58. The number of rotatable bonds is 3. The molecule has 1 nitrogen and oxygen atoms in total. The molecule has 4 bridgehead atoms. The molecule has 1 unspecified atom stereocenters. The molecule has 0 aliphatic heterocycles. The van der Waals surface area contributed by atoms with Gasteiger partial charge in [-0.15, -0.1) is 0 Å². The molecule has 4 aliphatic rings.